The van der Waals surface area contributed by atoms with Crippen LogP contribution in [0.4, 0.5) is 0 Å². The van der Waals surface area contributed by atoms with Gasteiger partial charge in [-0.25, -0.2) is 0 Å². The Kier molecular flexibility index (Phi) is 6.72. The van der Waals surface area contributed by atoms with Crippen molar-refractivity contribution in [3.05, 3.63) is 198 Å². The smallest absolute Gasteiger partial charge is 0.0547 e. The van der Waals surface area contributed by atoms with Crippen LogP contribution in [0.2, 0.25) is 0 Å². The van der Waals surface area contributed by atoms with Crippen LogP contribution in [0.5, 0.6) is 0 Å². The predicted octanol–water partition coefficient (Wildman–Crippen LogP) is 14.4. The highest BCUT2D eigenvalue weighted by molar-refractivity contribution is 6.21. The van der Waals surface area contributed by atoms with E-state index in [2.05, 4.69) is 208 Å². The summed E-state index contributed by atoms with van der Waals surface area (Å²) >= 11 is 0. The number of rotatable bonds is 4. The van der Waals surface area contributed by atoms with Crippen molar-refractivity contribution in [3.8, 4) is 61.3 Å². The molecule has 0 radical (unpaired) electrons. The molecule has 1 heterocycles. The number of hydrogen-bond acceptors (Lipinski definition) is 0. The first-order valence-electron chi connectivity index (χ1n) is 19.5. The maximum Gasteiger partial charge on any atom is 0.0547 e. The minimum absolute atomic E-state index is 0.0354. The van der Waals surface area contributed by atoms with Gasteiger partial charge in [-0.1, -0.05) is 167 Å². The summed E-state index contributed by atoms with van der Waals surface area (Å²) in [5.41, 5.74) is 21.9. The summed E-state index contributed by atoms with van der Waals surface area (Å²) in [5.74, 6) is 0. The molecule has 0 bridgehead atoms. The highest BCUT2D eigenvalue weighted by Crippen LogP contribution is 2.52. The largest absolute Gasteiger partial charge is 0.309 e. The average molecular weight is 704 g/mol. The topological polar surface area (TPSA) is 4.93 Å². The summed E-state index contributed by atoms with van der Waals surface area (Å²) in [6, 6.07) is 65.8. The molecule has 0 amide bonds. The summed E-state index contributed by atoms with van der Waals surface area (Å²) in [5, 5.41) is 2.57. The molecule has 262 valence electrons. The Hall–Kier alpha value is -6.44. The molecule has 0 aliphatic heterocycles. The van der Waals surface area contributed by atoms with Crippen molar-refractivity contribution in [2.24, 2.45) is 0 Å². The molecule has 1 aromatic heterocycles. The summed E-state index contributed by atoms with van der Waals surface area (Å²) in [4.78, 5) is 0. The SMILES string of the molecule is CC1(C)c2ccccc2-c2cc(-c3cccc4c3c3c(-c5ccc6c(c5)-c5ccccc5C6(C)C)cccc3n4-c3ccc(-c4ccccc4)cc3)ccc21. The Balaban J connectivity index is 1.18. The van der Waals surface area contributed by atoms with E-state index in [4.69, 9.17) is 0 Å². The predicted molar refractivity (Wildman–Crippen MR) is 232 cm³/mol. The minimum atomic E-state index is -0.0354. The summed E-state index contributed by atoms with van der Waals surface area (Å²) in [7, 11) is 0. The van der Waals surface area contributed by atoms with Crippen LogP contribution in [0, 0.1) is 0 Å². The number of nitrogens with zero attached hydrogens (tertiary/aromatic N) is 1. The second-order valence-electron chi connectivity index (χ2n) is 16.5. The second kappa shape index (κ2) is 11.5. The first-order chi connectivity index (χ1) is 26.8. The van der Waals surface area contributed by atoms with E-state index in [1.165, 1.54) is 99.7 Å². The van der Waals surface area contributed by atoms with Crippen LogP contribution in [0.25, 0.3) is 83.1 Å². The fourth-order valence-corrected chi connectivity index (χ4v) is 10.1. The van der Waals surface area contributed by atoms with Crippen molar-refractivity contribution in [3.63, 3.8) is 0 Å². The molecule has 0 saturated heterocycles. The summed E-state index contributed by atoms with van der Waals surface area (Å²) in [6.45, 7) is 9.43. The van der Waals surface area contributed by atoms with Crippen molar-refractivity contribution in [1.82, 2.24) is 4.57 Å². The van der Waals surface area contributed by atoms with Gasteiger partial charge in [-0.3, -0.25) is 0 Å². The van der Waals surface area contributed by atoms with Crippen LogP contribution in [0.15, 0.2) is 176 Å². The molecule has 0 saturated carbocycles. The van der Waals surface area contributed by atoms with Crippen LogP contribution in [0.3, 0.4) is 0 Å². The number of benzene rings is 8. The third-order valence-electron chi connectivity index (χ3n) is 12.8. The van der Waals surface area contributed by atoms with Gasteiger partial charge in [0.05, 0.1) is 11.0 Å². The van der Waals surface area contributed by atoms with E-state index < -0.39 is 0 Å². The molecule has 9 aromatic rings. The zero-order valence-electron chi connectivity index (χ0n) is 31.7. The van der Waals surface area contributed by atoms with Gasteiger partial charge in [0.1, 0.15) is 0 Å². The lowest BCUT2D eigenvalue weighted by Crippen LogP contribution is -2.14. The van der Waals surface area contributed by atoms with E-state index in [1.54, 1.807) is 0 Å². The van der Waals surface area contributed by atoms with Crippen molar-refractivity contribution in [1.29, 1.82) is 0 Å². The van der Waals surface area contributed by atoms with Gasteiger partial charge in [-0.05, 0) is 114 Å². The second-order valence-corrected chi connectivity index (χ2v) is 16.5. The van der Waals surface area contributed by atoms with E-state index in [0.29, 0.717) is 0 Å². The third-order valence-corrected chi connectivity index (χ3v) is 12.8. The van der Waals surface area contributed by atoms with Gasteiger partial charge in [0.2, 0.25) is 0 Å². The van der Waals surface area contributed by atoms with Crippen molar-refractivity contribution in [2.45, 2.75) is 38.5 Å². The van der Waals surface area contributed by atoms with Gasteiger partial charge in [0.15, 0.2) is 0 Å². The lowest BCUT2D eigenvalue weighted by atomic mass is 9.82. The molecule has 1 nitrogen and oxygen atoms in total. The Morgan fingerprint density at radius 2 is 0.709 bits per heavy atom. The van der Waals surface area contributed by atoms with E-state index in [9.17, 15) is 0 Å². The van der Waals surface area contributed by atoms with E-state index in [-0.39, 0.29) is 10.8 Å². The normalized spacial score (nSPS) is 14.5. The first-order valence-corrected chi connectivity index (χ1v) is 19.5. The molecule has 11 rings (SSSR count). The standard InChI is InChI=1S/C54H41N/c1-53(2)45-20-10-8-16-41(45)43-32-36(26-30-47(43)53)39-18-12-22-49-51(39)52-40(37-27-31-48-44(33-37)42-17-9-11-21-46(42)54(48,3)4)19-13-23-50(52)55(49)38-28-24-35(25-29-38)34-14-6-5-7-15-34/h5-33H,1-4H3. The average Bonchev–Trinajstić information content (AvgIpc) is 3.78. The van der Waals surface area contributed by atoms with E-state index in [1.807, 2.05) is 0 Å². The molecular weight excluding hydrogens is 663 g/mol. The zero-order valence-corrected chi connectivity index (χ0v) is 31.7. The number of fused-ring (bicyclic) bond motifs is 9. The Labute approximate surface area is 323 Å². The summed E-state index contributed by atoms with van der Waals surface area (Å²) in [6.07, 6.45) is 0. The third kappa shape index (κ3) is 4.53. The van der Waals surface area contributed by atoms with Gasteiger partial charge >= 0.3 is 0 Å². The molecule has 55 heavy (non-hydrogen) atoms. The van der Waals surface area contributed by atoms with E-state index >= 15 is 0 Å². The van der Waals surface area contributed by atoms with Crippen LogP contribution in [-0.4, -0.2) is 4.57 Å². The molecule has 8 aromatic carbocycles. The maximum absolute atomic E-state index is 2.48. The van der Waals surface area contributed by atoms with Crippen molar-refractivity contribution >= 4 is 21.8 Å². The van der Waals surface area contributed by atoms with Gasteiger partial charge in [0, 0.05) is 27.3 Å². The molecule has 0 fully saturated rings. The van der Waals surface area contributed by atoms with Crippen LogP contribution in [0.1, 0.15) is 49.9 Å². The molecule has 0 unspecified atom stereocenters. The first kappa shape index (κ1) is 32.0. The Morgan fingerprint density at radius 3 is 1.22 bits per heavy atom. The van der Waals surface area contributed by atoms with Gasteiger partial charge in [-0.15, -0.1) is 0 Å². The fourth-order valence-electron chi connectivity index (χ4n) is 10.1. The van der Waals surface area contributed by atoms with Crippen molar-refractivity contribution < 1.29 is 0 Å². The number of hydrogen-bond donors (Lipinski definition) is 0. The van der Waals surface area contributed by atoms with Gasteiger partial charge < -0.3 is 4.57 Å². The Bertz CT molecular complexity index is 2840. The molecule has 0 atom stereocenters. The van der Waals surface area contributed by atoms with Crippen LogP contribution >= 0.6 is 0 Å². The van der Waals surface area contributed by atoms with Crippen molar-refractivity contribution in [2.75, 3.05) is 0 Å². The molecular formula is C54H41N. The highest BCUT2D eigenvalue weighted by Gasteiger charge is 2.36. The fraction of sp³-hybridized carbons (Fsp3) is 0.111. The van der Waals surface area contributed by atoms with Crippen LogP contribution < -0.4 is 0 Å². The molecule has 2 aliphatic carbocycles. The van der Waals surface area contributed by atoms with Gasteiger partial charge in [-0.2, -0.15) is 0 Å². The quantitative estimate of drug-likeness (QED) is 0.172. The van der Waals surface area contributed by atoms with E-state index in [0.717, 1.165) is 5.69 Å². The highest BCUT2D eigenvalue weighted by atomic mass is 15.0. The maximum atomic E-state index is 2.48. The molecule has 1 heteroatoms. The lowest BCUT2D eigenvalue weighted by Gasteiger charge is -2.21. The molecule has 2 aliphatic rings. The Morgan fingerprint density at radius 1 is 0.309 bits per heavy atom. The lowest BCUT2D eigenvalue weighted by molar-refractivity contribution is 0.660. The number of aromatic nitrogens is 1. The molecule has 0 spiro atoms. The minimum Gasteiger partial charge on any atom is -0.309 e. The van der Waals surface area contributed by atoms with Gasteiger partial charge in [0.25, 0.3) is 0 Å². The monoisotopic (exact) mass is 703 g/mol. The van der Waals surface area contributed by atoms with Crippen LogP contribution in [-0.2, 0) is 10.8 Å². The zero-order chi connectivity index (χ0) is 37.1. The summed E-state index contributed by atoms with van der Waals surface area (Å²) < 4.78 is 2.48. The molecule has 0 N–H and O–H groups in total.